The first kappa shape index (κ1) is 16.0. The minimum atomic E-state index is -0.638. The predicted octanol–water partition coefficient (Wildman–Crippen LogP) is 2.33. The number of amides is 2. The Hall–Kier alpha value is -1.06. The van der Waals surface area contributed by atoms with Gasteiger partial charge in [-0.3, -0.25) is 9.59 Å². The first-order chi connectivity index (χ1) is 8.89. The third kappa shape index (κ3) is 3.10. The quantitative estimate of drug-likeness (QED) is 0.803. The zero-order chi connectivity index (χ0) is 14.6. The second-order valence-electron chi connectivity index (χ2n) is 5.96. The zero-order valence-electron chi connectivity index (χ0n) is 13.0. The minimum Gasteiger partial charge on any atom is -0.343 e. The Bertz CT molecular complexity index is 335. The molecule has 1 saturated heterocycles. The molecule has 19 heavy (non-hydrogen) atoms. The van der Waals surface area contributed by atoms with Gasteiger partial charge < -0.3 is 10.2 Å². The molecule has 1 rings (SSSR count). The Balaban J connectivity index is 2.89. The van der Waals surface area contributed by atoms with Crippen molar-refractivity contribution in [3.8, 4) is 0 Å². The van der Waals surface area contributed by atoms with Crippen molar-refractivity contribution < 1.29 is 9.59 Å². The molecule has 1 aliphatic rings. The first-order valence-corrected chi connectivity index (χ1v) is 7.51. The molecule has 1 aliphatic heterocycles. The largest absolute Gasteiger partial charge is 0.343 e. The van der Waals surface area contributed by atoms with E-state index in [-0.39, 0.29) is 11.8 Å². The van der Waals surface area contributed by atoms with E-state index in [0.29, 0.717) is 25.3 Å². The van der Waals surface area contributed by atoms with Gasteiger partial charge in [0.15, 0.2) is 0 Å². The molecule has 0 aromatic rings. The Kier molecular flexibility index (Phi) is 5.39. The lowest BCUT2D eigenvalue weighted by Crippen LogP contribution is -2.69. The summed E-state index contributed by atoms with van der Waals surface area (Å²) >= 11 is 0. The first-order valence-electron chi connectivity index (χ1n) is 7.51. The molecular formula is C15H28N2O2. The number of nitrogens with zero attached hydrogens (tertiary/aromatic N) is 1. The maximum absolute atomic E-state index is 12.4. The Labute approximate surface area is 116 Å². The van der Waals surface area contributed by atoms with Gasteiger partial charge in [0.2, 0.25) is 11.8 Å². The fraction of sp³-hybridized carbons (Fsp3) is 0.867. The summed E-state index contributed by atoms with van der Waals surface area (Å²) in [4.78, 5) is 26.6. The van der Waals surface area contributed by atoms with Crippen LogP contribution in [0.2, 0.25) is 0 Å². The van der Waals surface area contributed by atoms with Crippen LogP contribution in [0.3, 0.4) is 0 Å². The molecule has 0 saturated carbocycles. The maximum Gasteiger partial charge on any atom is 0.246 e. The highest BCUT2D eigenvalue weighted by molar-refractivity contribution is 5.99. The summed E-state index contributed by atoms with van der Waals surface area (Å²) in [7, 11) is 0. The summed E-state index contributed by atoms with van der Waals surface area (Å²) in [6, 6.07) is -0.391. The molecule has 2 amide bonds. The second kappa shape index (κ2) is 6.40. The summed E-state index contributed by atoms with van der Waals surface area (Å²) in [5.41, 5.74) is -0.638. The van der Waals surface area contributed by atoms with Crippen molar-refractivity contribution in [1.82, 2.24) is 10.2 Å². The van der Waals surface area contributed by atoms with Gasteiger partial charge in [0.1, 0.15) is 11.6 Å². The Morgan fingerprint density at radius 2 is 1.84 bits per heavy atom. The van der Waals surface area contributed by atoms with Gasteiger partial charge in [0.25, 0.3) is 0 Å². The number of carbonyl (C=O) groups excluding carboxylic acids is 2. The highest BCUT2D eigenvalue weighted by Crippen LogP contribution is 2.29. The average molecular weight is 268 g/mol. The van der Waals surface area contributed by atoms with E-state index in [1.807, 2.05) is 18.7 Å². The highest BCUT2D eigenvalue weighted by atomic mass is 16.2. The van der Waals surface area contributed by atoms with E-state index in [9.17, 15) is 9.59 Å². The van der Waals surface area contributed by atoms with Crippen molar-refractivity contribution >= 4 is 11.8 Å². The maximum atomic E-state index is 12.4. The molecule has 0 aliphatic carbocycles. The van der Waals surface area contributed by atoms with E-state index >= 15 is 0 Å². The van der Waals surface area contributed by atoms with E-state index in [2.05, 4.69) is 19.2 Å². The van der Waals surface area contributed by atoms with Crippen LogP contribution in [-0.4, -0.2) is 34.8 Å². The van der Waals surface area contributed by atoms with Gasteiger partial charge >= 0.3 is 0 Å². The molecule has 0 aromatic carbocycles. The Morgan fingerprint density at radius 3 is 2.32 bits per heavy atom. The third-order valence-corrected chi connectivity index (χ3v) is 4.26. The van der Waals surface area contributed by atoms with Gasteiger partial charge in [-0.25, -0.2) is 0 Å². The number of piperazine rings is 1. The van der Waals surface area contributed by atoms with Crippen molar-refractivity contribution in [3.63, 3.8) is 0 Å². The SMILES string of the molecule is CCC1(CC)C(=O)NC(C)C(=O)N1CCCC(C)C. The molecule has 1 fully saturated rings. The van der Waals surface area contributed by atoms with Crippen molar-refractivity contribution in [2.75, 3.05) is 6.54 Å². The van der Waals surface area contributed by atoms with Crippen LogP contribution in [0.1, 0.15) is 60.3 Å². The van der Waals surface area contributed by atoms with Crippen LogP contribution in [0.25, 0.3) is 0 Å². The molecule has 1 unspecified atom stereocenters. The lowest BCUT2D eigenvalue weighted by molar-refractivity contribution is -0.157. The van der Waals surface area contributed by atoms with Gasteiger partial charge in [-0.1, -0.05) is 27.7 Å². The van der Waals surface area contributed by atoms with Crippen LogP contribution in [0.15, 0.2) is 0 Å². The van der Waals surface area contributed by atoms with Gasteiger partial charge in [0.05, 0.1) is 0 Å². The molecule has 1 N–H and O–H groups in total. The summed E-state index contributed by atoms with van der Waals surface area (Å²) in [6.07, 6.45) is 3.40. The third-order valence-electron chi connectivity index (χ3n) is 4.26. The lowest BCUT2D eigenvalue weighted by atomic mass is 9.85. The van der Waals surface area contributed by atoms with Crippen LogP contribution in [0, 0.1) is 5.92 Å². The van der Waals surface area contributed by atoms with E-state index < -0.39 is 11.6 Å². The molecule has 1 heterocycles. The smallest absolute Gasteiger partial charge is 0.246 e. The van der Waals surface area contributed by atoms with Crippen molar-refractivity contribution in [1.29, 1.82) is 0 Å². The molecule has 0 spiro atoms. The van der Waals surface area contributed by atoms with Crippen LogP contribution >= 0.6 is 0 Å². The monoisotopic (exact) mass is 268 g/mol. The molecule has 0 radical (unpaired) electrons. The van der Waals surface area contributed by atoms with E-state index in [0.717, 1.165) is 12.8 Å². The fourth-order valence-electron chi connectivity index (χ4n) is 2.89. The van der Waals surface area contributed by atoms with Gasteiger partial charge in [-0.15, -0.1) is 0 Å². The van der Waals surface area contributed by atoms with Crippen LogP contribution in [0.5, 0.6) is 0 Å². The van der Waals surface area contributed by atoms with Crippen molar-refractivity contribution in [2.45, 2.75) is 71.9 Å². The van der Waals surface area contributed by atoms with Crippen LogP contribution in [0.4, 0.5) is 0 Å². The van der Waals surface area contributed by atoms with Gasteiger partial charge in [0, 0.05) is 6.54 Å². The van der Waals surface area contributed by atoms with Gasteiger partial charge in [-0.2, -0.15) is 0 Å². The predicted molar refractivity (Wildman–Crippen MR) is 76.7 cm³/mol. The molecule has 0 bridgehead atoms. The molecule has 4 heteroatoms. The topological polar surface area (TPSA) is 49.4 Å². The summed E-state index contributed by atoms with van der Waals surface area (Å²) in [6.45, 7) is 10.8. The normalized spacial score (nSPS) is 22.8. The summed E-state index contributed by atoms with van der Waals surface area (Å²) < 4.78 is 0. The number of rotatable bonds is 6. The van der Waals surface area contributed by atoms with E-state index in [1.165, 1.54) is 0 Å². The van der Waals surface area contributed by atoms with Crippen molar-refractivity contribution in [2.24, 2.45) is 5.92 Å². The van der Waals surface area contributed by atoms with E-state index in [4.69, 9.17) is 0 Å². The van der Waals surface area contributed by atoms with Crippen LogP contribution in [-0.2, 0) is 9.59 Å². The average Bonchev–Trinajstić information content (AvgIpc) is 2.36. The highest BCUT2D eigenvalue weighted by Gasteiger charge is 2.48. The second-order valence-corrected chi connectivity index (χ2v) is 5.96. The molecule has 0 aromatic heterocycles. The van der Waals surface area contributed by atoms with Crippen LogP contribution < -0.4 is 5.32 Å². The fourth-order valence-corrected chi connectivity index (χ4v) is 2.89. The minimum absolute atomic E-state index is 0.00847. The number of nitrogens with one attached hydrogen (secondary N) is 1. The Morgan fingerprint density at radius 1 is 1.26 bits per heavy atom. The molecule has 110 valence electrons. The molecular weight excluding hydrogens is 240 g/mol. The standard InChI is InChI=1S/C15H28N2O2/c1-6-15(7-2)14(19)16-12(5)13(18)17(15)10-8-9-11(3)4/h11-12H,6-10H2,1-5H3,(H,16,19). The number of hydrogen-bond donors (Lipinski definition) is 1. The van der Waals surface area contributed by atoms with Crippen molar-refractivity contribution in [3.05, 3.63) is 0 Å². The molecule has 1 atom stereocenters. The number of hydrogen-bond acceptors (Lipinski definition) is 2. The zero-order valence-corrected chi connectivity index (χ0v) is 13.0. The summed E-state index contributed by atoms with van der Waals surface area (Å²) in [5, 5.41) is 2.82. The summed E-state index contributed by atoms with van der Waals surface area (Å²) in [5.74, 6) is 0.699. The van der Waals surface area contributed by atoms with E-state index in [1.54, 1.807) is 6.92 Å². The lowest BCUT2D eigenvalue weighted by Gasteiger charge is -2.47. The number of carbonyl (C=O) groups is 2. The van der Waals surface area contributed by atoms with Gasteiger partial charge in [-0.05, 0) is 38.5 Å². The molecule has 4 nitrogen and oxygen atoms in total.